The van der Waals surface area contributed by atoms with Gasteiger partial charge in [0.1, 0.15) is 0 Å². The number of rotatable bonds is 33. The van der Waals surface area contributed by atoms with Crippen molar-refractivity contribution in [1.29, 1.82) is 0 Å². The lowest BCUT2D eigenvalue weighted by Crippen LogP contribution is -2.46. The van der Waals surface area contributed by atoms with Crippen molar-refractivity contribution in [2.75, 3.05) is 5.75 Å². The first kappa shape index (κ1) is 43.6. The number of nitrogens with one attached hydrogen (secondary N) is 1. The maximum atomic E-state index is 12.4. The quantitative estimate of drug-likeness (QED) is 0.0371. The molecule has 0 aliphatic heterocycles. The summed E-state index contributed by atoms with van der Waals surface area (Å²) in [4.78, 5) is 12.4. The highest BCUT2D eigenvalue weighted by Gasteiger charge is 2.24. The Balaban J connectivity index is 4.04. The Bertz CT molecular complexity index is 852. The lowest BCUT2D eigenvalue weighted by Gasteiger charge is -2.21. The zero-order valence-electron chi connectivity index (χ0n) is 29.2. The number of carbonyl (C=O) groups is 1. The highest BCUT2D eigenvalue weighted by atomic mass is 32.2. The third kappa shape index (κ3) is 33.7. The summed E-state index contributed by atoms with van der Waals surface area (Å²) in [5.41, 5.74) is 0. The summed E-state index contributed by atoms with van der Waals surface area (Å²) in [6.45, 7) is 4.49. The van der Waals surface area contributed by atoms with E-state index in [4.69, 9.17) is 0 Å². The van der Waals surface area contributed by atoms with Crippen LogP contribution in [0.4, 0.5) is 0 Å². The summed E-state index contributed by atoms with van der Waals surface area (Å²) in [5, 5.41) is 13.1. The third-order valence-corrected chi connectivity index (χ3v) is 9.08. The van der Waals surface area contributed by atoms with Crippen molar-refractivity contribution in [3.63, 3.8) is 0 Å². The van der Waals surface area contributed by atoms with Gasteiger partial charge < -0.3 is 10.4 Å². The van der Waals surface area contributed by atoms with Crippen LogP contribution >= 0.6 is 0 Å². The van der Waals surface area contributed by atoms with Crippen molar-refractivity contribution in [1.82, 2.24) is 5.32 Å². The Morgan fingerprint density at radius 2 is 0.956 bits per heavy atom. The van der Waals surface area contributed by atoms with Crippen molar-refractivity contribution in [3.8, 4) is 0 Å². The number of amides is 1. The summed E-state index contributed by atoms with van der Waals surface area (Å²) in [6.07, 6.45) is 41.3. The van der Waals surface area contributed by atoms with Crippen molar-refractivity contribution in [3.05, 3.63) is 36.5 Å². The van der Waals surface area contributed by atoms with E-state index in [1.807, 2.05) is 0 Å². The van der Waals surface area contributed by atoms with E-state index in [2.05, 4.69) is 43.5 Å². The first-order chi connectivity index (χ1) is 21.8. The van der Waals surface area contributed by atoms with Crippen LogP contribution in [0.2, 0.25) is 0 Å². The van der Waals surface area contributed by atoms with Crippen LogP contribution in [0, 0.1) is 0 Å². The van der Waals surface area contributed by atoms with Gasteiger partial charge in [0.2, 0.25) is 5.91 Å². The first-order valence-corrected chi connectivity index (χ1v) is 20.3. The molecular weight excluding hydrogens is 582 g/mol. The number of carbonyl (C=O) groups excluding carboxylic acids is 1. The van der Waals surface area contributed by atoms with E-state index in [1.54, 1.807) is 6.08 Å². The number of aliphatic hydroxyl groups is 1. The molecule has 45 heavy (non-hydrogen) atoms. The zero-order chi connectivity index (χ0) is 33.3. The average Bonchev–Trinajstić information content (AvgIpc) is 3.00. The highest BCUT2D eigenvalue weighted by molar-refractivity contribution is 7.85. The predicted molar refractivity (Wildman–Crippen MR) is 193 cm³/mol. The van der Waals surface area contributed by atoms with E-state index in [9.17, 15) is 22.9 Å². The fourth-order valence-electron chi connectivity index (χ4n) is 5.48. The molecule has 0 spiro atoms. The predicted octanol–water partition coefficient (Wildman–Crippen LogP) is 10.6. The molecule has 0 saturated heterocycles. The van der Waals surface area contributed by atoms with Crippen LogP contribution < -0.4 is 5.32 Å². The lowest BCUT2D eigenvalue weighted by atomic mass is 10.0. The number of hydrogen-bond acceptors (Lipinski definition) is 4. The molecule has 0 aliphatic rings. The van der Waals surface area contributed by atoms with Crippen LogP contribution in [-0.4, -0.2) is 41.9 Å². The topological polar surface area (TPSA) is 104 Å². The van der Waals surface area contributed by atoms with Gasteiger partial charge in [0.25, 0.3) is 10.1 Å². The van der Waals surface area contributed by atoms with Crippen molar-refractivity contribution in [2.45, 2.75) is 193 Å². The second-order valence-electron chi connectivity index (χ2n) is 12.8. The Hall–Kier alpha value is -1.44. The molecule has 0 saturated carbocycles. The highest BCUT2D eigenvalue weighted by Crippen LogP contribution is 2.13. The molecular formula is C38H71NO5S. The minimum Gasteiger partial charge on any atom is -0.387 e. The van der Waals surface area contributed by atoms with E-state index >= 15 is 0 Å². The normalized spacial score (nSPS) is 13.8. The molecule has 0 aliphatic carbocycles. The summed E-state index contributed by atoms with van der Waals surface area (Å²) in [5.74, 6) is -1.01. The molecule has 7 heteroatoms. The molecule has 3 N–H and O–H groups in total. The molecule has 0 aromatic rings. The van der Waals surface area contributed by atoms with Gasteiger partial charge in [0.15, 0.2) is 0 Å². The van der Waals surface area contributed by atoms with E-state index in [0.717, 1.165) is 38.5 Å². The van der Waals surface area contributed by atoms with E-state index < -0.39 is 28.0 Å². The Morgan fingerprint density at radius 3 is 1.40 bits per heavy atom. The summed E-state index contributed by atoms with van der Waals surface area (Å²) in [6, 6.07) is -1.07. The minimum absolute atomic E-state index is 0.286. The fraction of sp³-hybridized carbons (Fsp3) is 0.816. The van der Waals surface area contributed by atoms with Gasteiger partial charge in [-0.1, -0.05) is 166 Å². The van der Waals surface area contributed by atoms with Crippen LogP contribution in [0.15, 0.2) is 36.5 Å². The summed E-state index contributed by atoms with van der Waals surface area (Å²) in [7, 11) is -4.35. The van der Waals surface area contributed by atoms with Crippen LogP contribution in [0.25, 0.3) is 0 Å². The number of hydrogen-bond donors (Lipinski definition) is 3. The molecule has 264 valence electrons. The van der Waals surface area contributed by atoms with Crippen molar-refractivity contribution < 1.29 is 22.9 Å². The van der Waals surface area contributed by atoms with Crippen LogP contribution in [0.1, 0.15) is 181 Å². The largest absolute Gasteiger partial charge is 0.387 e. The molecule has 6 nitrogen and oxygen atoms in total. The average molecular weight is 654 g/mol. The van der Waals surface area contributed by atoms with Crippen molar-refractivity contribution in [2.24, 2.45) is 0 Å². The Morgan fingerprint density at radius 1 is 0.578 bits per heavy atom. The molecule has 0 bridgehead atoms. The van der Waals surface area contributed by atoms with E-state index in [0.29, 0.717) is 6.42 Å². The molecule has 0 heterocycles. The molecule has 0 aromatic heterocycles. The minimum atomic E-state index is -4.35. The monoisotopic (exact) mass is 654 g/mol. The molecule has 2 atom stereocenters. The second-order valence-corrected chi connectivity index (χ2v) is 14.3. The zero-order valence-corrected chi connectivity index (χ0v) is 30.1. The van der Waals surface area contributed by atoms with Gasteiger partial charge in [-0.15, -0.1) is 0 Å². The summed E-state index contributed by atoms with van der Waals surface area (Å²) >= 11 is 0. The molecule has 0 aromatic carbocycles. The van der Waals surface area contributed by atoms with Crippen LogP contribution in [0.3, 0.4) is 0 Å². The number of unbranched alkanes of at least 4 members (excludes halogenated alkanes) is 21. The smallest absolute Gasteiger partial charge is 0.267 e. The van der Waals surface area contributed by atoms with Gasteiger partial charge in [0, 0.05) is 6.42 Å². The molecule has 0 fully saturated rings. The van der Waals surface area contributed by atoms with Gasteiger partial charge in [-0.05, 0) is 44.9 Å². The van der Waals surface area contributed by atoms with Gasteiger partial charge >= 0.3 is 0 Å². The van der Waals surface area contributed by atoms with Gasteiger partial charge in [-0.2, -0.15) is 8.42 Å². The van der Waals surface area contributed by atoms with Crippen LogP contribution in [-0.2, 0) is 14.9 Å². The third-order valence-electron chi connectivity index (χ3n) is 8.30. The Labute approximate surface area is 278 Å². The van der Waals surface area contributed by atoms with Crippen molar-refractivity contribution >= 4 is 16.0 Å². The van der Waals surface area contributed by atoms with Gasteiger partial charge in [0.05, 0.1) is 17.9 Å². The molecule has 0 rings (SSSR count). The second kappa shape index (κ2) is 32.5. The summed E-state index contributed by atoms with van der Waals surface area (Å²) < 4.78 is 32.3. The molecule has 2 unspecified atom stereocenters. The Kier molecular flexibility index (Phi) is 31.5. The van der Waals surface area contributed by atoms with Crippen LogP contribution in [0.5, 0.6) is 0 Å². The number of allylic oxidation sites excluding steroid dienone is 5. The van der Waals surface area contributed by atoms with E-state index in [1.165, 1.54) is 122 Å². The molecule has 0 radical (unpaired) electrons. The SMILES string of the molecule is CCCCCCCCCCC/C=C/CC/C=C/CC/C=C/C(O)C(CS(=O)(=O)O)NC(=O)CCCCCCCCCCCCC. The lowest BCUT2D eigenvalue weighted by molar-refractivity contribution is -0.122. The standard InChI is InChI=1S/C38H71NO5S/c1-3-5-7-9-11-13-15-16-17-18-19-20-21-22-24-25-27-29-31-33-37(40)36(35-45(42,43)44)39-38(41)34-32-30-28-26-23-14-12-10-8-6-4-2/h19-20,24-25,31,33,36-37,40H,3-18,21-23,26-30,32,34-35H2,1-2H3,(H,39,41)(H,42,43,44)/b20-19+,25-24+,33-31+. The van der Waals surface area contributed by atoms with E-state index in [-0.39, 0.29) is 12.3 Å². The number of aliphatic hydroxyl groups excluding tert-OH is 1. The maximum Gasteiger partial charge on any atom is 0.267 e. The van der Waals surface area contributed by atoms with Gasteiger partial charge in [-0.3, -0.25) is 9.35 Å². The fourth-order valence-corrected chi connectivity index (χ4v) is 6.21. The maximum absolute atomic E-state index is 12.4. The first-order valence-electron chi connectivity index (χ1n) is 18.7. The molecule has 1 amide bonds. The van der Waals surface area contributed by atoms with Gasteiger partial charge in [-0.25, -0.2) is 0 Å².